The third kappa shape index (κ3) is 2.06. The van der Waals surface area contributed by atoms with E-state index in [4.69, 9.17) is 5.73 Å². The normalized spacial score (nSPS) is 11.1. The maximum absolute atomic E-state index is 12.2. The first-order chi connectivity index (χ1) is 8.52. The Morgan fingerprint density at radius 2 is 1.83 bits per heavy atom. The zero-order valence-corrected chi connectivity index (χ0v) is 11.1. The van der Waals surface area contributed by atoms with Crippen molar-refractivity contribution in [2.75, 3.05) is 5.73 Å². The summed E-state index contributed by atoms with van der Waals surface area (Å²) in [6.07, 6.45) is 0. The van der Waals surface area contributed by atoms with Gasteiger partial charge < -0.3 is 5.73 Å². The molecule has 0 aliphatic rings. The molecule has 1 aromatic heterocycles. The molecular formula is C14H19N3O. The molecule has 0 unspecified atom stereocenters. The van der Waals surface area contributed by atoms with Gasteiger partial charge in [0.15, 0.2) is 0 Å². The Balaban J connectivity index is 2.66. The first-order valence-corrected chi connectivity index (χ1v) is 6.15. The fraction of sp³-hybridized carbons (Fsp3) is 0.357. The maximum atomic E-state index is 12.2. The largest absolute Gasteiger partial charge is 0.393 e. The second kappa shape index (κ2) is 4.72. The Kier molecular flexibility index (Phi) is 3.28. The summed E-state index contributed by atoms with van der Waals surface area (Å²) >= 11 is 0. The number of anilines is 1. The van der Waals surface area contributed by atoms with Crippen LogP contribution < -0.4 is 11.3 Å². The number of rotatable bonds is 3. The molecule has 4 heteroatoms. The summed E-state index contributed by atoms with van der Waals surface area (Å²) in [5.41, 5.74) is 7.74. The Morgan fingerprint density at radius 1 is 1.22 bits per heavy atom. The van der Waals surface area contributed by atoms with Crippen molar-refractivity contribution in [3.8, 4) is 5.69 Å². The average Bonchev–Trinajstić information content (AvgIpc) is 2.55. The second-order valence-electron chi connectivity index (χ2n) is 4.93. The molecule has 0 fully saturated rings. The molecule has 4 nitrogen and oxygen atoms in total. The van der Waals surface area contributed by atoms with Crippen LogP contribution in [0.15, 0.2) is 35.1 Å². The van der Waals surface area contributed by atoms with Gasteiger partial charge in [0.25, 0.3) is 5.56 Å². The molecule has 0 aliphatic carbocycles. The van der Waals surface area contributed by atoms with Crippen LogP contribution in [-0.2, 0) is 6.54 Å². The molecule has 2 rings (SSSR count). The monoisotopic (exact) mass is 245 g/mol. The van der Waals surface area contributed by atoms with Gasteiger partial charge in [-0.25, -0.2) is 4.68 Å². The topological polar surface area (TPSA) is 53.0 Å². The molecule has 18 heavy (non-hydrogen) atoms. The zero-order valence-electron chi connectivity index (χ0n) is 11.1. The van der Waals surface area contributed by atoms with Crippen molar-refractivity contribution >= 4 is 5.69 Å². The summed E-state index contributed by atoms with van der Waals surface area (Å²) in [5, 5.41) is 0. The van der Waals surface area contributed by atoms with Crippen LogP contribution >= 0.6 is 0 Å². The summed E-state index contributed by atoms with van der Waals surface area (Å²) in [6, 6.07) is 9.59. The predicted molar refractivity (Wildman–Crippen MR) is 74.0 cm³/mol. The van der Waals surface area contributed by atoms with Crippen molar-refractivity contribution in [1.82, 2.24) is 9.36 Å². The number of hydrogen-bond donors (Lipinski definition) is 1. The maximum Gasteiger partial charge on any atom is 0.294 e. The molecule has 0 saturated heterocycles. The number of nitrogen functional groups attached to an aromatic ring is 1. The summed E-state index contributed by atoms with van der Waals surface area (Å²) in [5.74, 6) is 0.449. The van der Waals surface area contributed by atoms with E-state index in [2.05, 4.69) is 13.8 Å². The zero-order chi connectivity index (χ0) is 13.3. The molecule has 96 valence electrons. The molecule has 0 amide bonds. The van der Waals surface area contributed by atoms with Crippen LogP contribution in [0.3, 0.4) is 0 Å². The van der Waals surface area contributed by atoms with E-state index >= 15 is 0 Å². The van der Waals surface area contributed by atoms with Crippen LogP contribution in [0.4, 0.5) is 5.69 Å². The first kappa shape index (κ1) is 12.5. The lowest BCUT2D eigenvalue weighted by Gasteiger charge is -2.15. The van der Waals surface area contributed by atoms with Gasteiger partial charge in [-0.05, 0) is 25.0 Å². The number of nitrogens with two attached hydrogens (primary N) is 1. The van der Waals surface area contributed by atoms with Crippen LogP contribution in [-0.4, -0.2) is 9.36 Å². The van der Waals surface area contributed by atoms with Gasteiger partial charge in [0.05, 0.1) is 11.4 Å². The van der Waals surface area contributed by atoms with Gasteiger partial charge in [-0.3, -0.25) is 9.48 Å². The van der Waals surface area contributed by atoms with Crippen LogP contribution in [0.2, 0.25) is 0 Å². The molecule has 1 aromatic carbocycles. The van der Waals surface area contributed by atoms with Crippen LogP contribution in [0.25, 0.3) is 5.69 Å². The number of benzene rings is 1. The standard InChI is InChI=1S/C14H19N3O/c1-10(2)9-16-11(3)13(15)14(18)17(16)12-7-5-4-6-8-12/h4-8,10H,9,15H2,1-3H3. The quantitative estimate of drug-likeness (QED) is 0.901. The number of nitrogens with zero attached hydrogens (tertiary/aromatic N) is 2. The highest BCUT2D eigenvalue weighted by atomic mass is 16.1. The molecule has 2 aromatic rings. The highest BCUT2D eigenvalue weighted by Crippen LogP contribution is 2.14. The Bertz CT molecular complexity index is 593. The van der Waals surface area contributed by atoms with Gasteiger partial charge in [0.2, 0.25) is 0 Å². The first-order valence-electron chi connectivity index (χ1n) is 6.15. The van der Waals surface area contributed by atoms with Gasteiger partial charge in [-0.15, -0.1) is 0 Å². The fourth-order valence-corrected chi connectivity index (χ4v) is 2.06. The highest BCUT2D eigenvalue weighted by Gasteiger charge is 2.16. The Hall–Kier alpha value is -1.97. The lowest BCUT2D eigenvalue weighted by atomic mass is 10.2. The molecule has 0 radical (unpaired) electrons. The van der Waals surface area contributed by atoms with Crippen molar-refractivity contribution in [2.24, 2.45) is 5.92 Å². The lowest BCUT2D eigenvalue weighted by molar-refractivity contribution is 0.439. The van der Waals surface area contributed by atoms with Crippen molar-refractivity contribution < 1.29 is 0 Å². The van der Waals surface area contributed by atoms with Crippen LogP contribution in [0.1, 0.15) is 19.5 Å². The molecule has 2 N–H and O–H groups in total. The number of aromatic nitrogens is 2. The number of hydrogen-bond acceptors (Lipinski definition) is 2. The Labute approximate surface area is 107 Å². The summed E-state index contributed by atoms with van der Waals surface area (Å²) in [6.45, 7) is 6.90. The highest BCUT2D eigenvalue weighted by molar-refractivity contribution is 5.44. The van der Waals surface area contributed by atoms with E-state index in [1.54, 1.807) is 4.68 Å². The molecule has 1 heterocycles. The molecule has 0 spiro atoms. The van der Waals surface area contributed by atoms with Gasteiger partial charge >= 0.3 is 0 Å². The van der Waals surface area contributed by atoms with Crippen molar-refractivity contribution in [3.05, 3.63) is 46.4 Å². The van der Waals surface area contributed by atoms with Crippen molar-refractivity contribution in [1.29, 1.82) is 0 Å². The third-order valence-corrected chi connectivity index (χ3v) is 2.98. The summed E-state index contributed by atoms with van der Waals surface area (Å²) in [4.78, 5) is 12.2. The van der Waals surface area contributed by atoms with Crippen LogP contribution in [0.5, 0.6) is 0 Å². The van der Waals surface area contributed by atoms with E-state index in [0.29, 0.717) is 11.6 Å². The van der Waals surface area contributed by atoms with E-state index in [1.165, 1.54) is 0 Å². The van der Waals surface area contributed by atoms with E-state index in [1.807, 2.05) is 41.9 Å². The molecule has 0 aliphatic heterocycles. The third-order valence-electron chi connectivity index (χ3n) is 2.98. The van der Waals surface area contributed by atoms with E-state index in [9.17, 15) is 4.79 Å². The minimum atomic E-state index is -0.139. The minimum absolute atomic E-state index is 0.139. The predicted octanol–water partition coefficient (Wildman–Crippen LogP) is 2.19. The molecule has 0 atom stereocenters. The smallest absolute Gasteiger partial charge is 0.294 e. The Morgan fingerprint density at radius 3 is 2.39 bits per heavy atom. The van der Waals surface area contributed by atoms with E-state index < -0.39 is 0 Å². The average molecular weight is 245 g/mol. The fourth-order valence-electron chi connectivity index (χ4n) is 2.06. The summed E-state index contributed by atoms with van der Waals surface area (Å²) in [7, 11) is 0. The van der Waals surface area contributed by atoms with Gasteiger partial charge in [-0.1, -0.05) is 32.0 Å². The van der Waals surface area contributed by atoms with E-state index in [-0.39, 0.29) is 5.56 Å². The summed E-state index contributed by atoms with van der Waals surface area (Å²) < 4.78 is 3.61. The number of para-hydroxylation sites is 1. The van der Waals surface area contributed by atoms with Crippen molar-refractivity contribution in [2.45, 2.75) is 27.3 Å². The van der Waals surface area contributed by atoms with Crippen molar-refractivity contribution in [3.63, 3.8) is 0 Å². The second-order valence-corrected chi connectivity index (χ2v) is 4.93. The van der Waals surface area contributed by atoms with E-state index in [0.717, 1.165) is 17.9 Å². The lowest BCUT2D eigenvalue weighted by Crippen LogP contribution is -2.23. The molecule has 0 bridgehead atoms. The van der Waals surface area contributed by atoms with Gasteiger partial charge in [0, 0.05) is 6.54 Å². The van der Waals surface area contributed by atoms with Crippen LogP contribution in [0, 0.1) is 12.8 Å². The van der Waals surface area contributed by atoms with Gasteiger partial charge in [0.1, 0.15) is 5.69 Å². The molecule has 0 saturated carbocycles. The molecular weight excluding hydrogens is 226 g/mol. The van der Waals surface area contributed by atoms with Gasteiger partial charge in [-0.2, -0.15) is 0 Å². The minimum Gasteiger partial charge on any atom is -0.393 e. The SMILES string of the molecule is Cc1c(N)c(=O)n(-c2ccccc2)n1CC(C)C.